The molecule has 2 aromatic heterocycles. The van der Waals surface area contributed by atoms with Crippen LogP contribution < -0.4 is 10.3 Å². The number of pyridine rings is 2. The summed E-state index contributed by atoms with van der Waals surface area (Å²) >= 11 is 0. The third-order valence-corrected chi connectivity index (χ3v) is 4.69. The van der Waals surface area contributed by atoms with Gasteiger partial charge in [0.15, 0.2) is 0 Å². The van der Waals surface area contributed by atoms with Gasteiger partial charge in [0.2, 0.25) is 0 Å². The number of aromatic amines is 1. The zero-order valence-electron chi connectivity index (χ0n) is 14.5. The van der Waals surface area contributed by atoms with Crippen LogP contribution in [0.2, 0.25) is 0 Å². The summed E-state index contributed by atoms with van der Waals surface area (Å²) in [6, 6.07) is 10.8. The molecule has 0 radical (unpaired) electrons. The minimum atomic E-state index is -0.298. The Morgan fingerprint density at radius 2 is 1.85 bits per heavy atom. The van der Waals surface area contributed by atoms with E-state index >= 15 is 0 Å². The third kappa shape index (κ3) is 3.67. The number of fused-ring (bicyclic) bond motifs is 1. The van der Waals surface area contributed by atoms with Crippen LogP contribution in [0.3, 0.4) is 0 Å². The van der Waals surface area contributed by atoms with Crippen molar-refractivity contribution in [2.45, 2.75) is 18.9 Å². The van der Waals surface area contributed by atoms with Crippen LogP contribution in [0.1, 0.15) is 23.3 Å². The normalized spacial score (nSPS) is 15.1. The number of likely N-dealkylation sites (tertiary alicyclic amines) is 1. The number of hydrogen-bond acceptors (Lipinski definition) is 4. The maximum Gasteiger partial charge on any atom is 0.272 e. The third-order valence-electron chi connectivity index (χ3n) is 4.69. The van der Waals surface area contributed by atoms with E-state index in [0.29, 0.717) is 48.3 Å². The molecule has 0 saturated carbocycles. The van der Waals surface area contributed by atoms with Gasteiger partial charge in [0.05, 0.1) is 10.9 Å². The Morgan fingerprint density at radius 1 is 1.11 bits per heavy atom. The maximum atomic E-state index is 13.0. The molecule has 0 atom stereocenters. The SMILES string of the molecule is O=C(c1ccc2c(=O)[nH]ccc2n1)N1CCC(Oc2ccc(F)cc2)CC1. The van der Waals surface area contributed by atoms with Crippen LogP contribution in [0.4, 0.5) is 4.39 Å². The summed E-state index contributed by atoms with van der Waals surface area (Å²) < 4.78 is 18.8. The van der Waals surface area contributed by atoms with E-state index in [1.807, 2.05) is 0 Å². The number of carbonyl (C=O) groups excluding carboxylic acids is 1. The number of nitrogens with one attached hydrogen (secondary N) is 1. The van der Waals surface area contributed by atoms with E-state index in [1.54, 1.807) is 35.2 Å². The zero-order chi connectivity index (χ0) is 18.8. The number of carbonyl (C=O) groups is 1. The Bertz CT molecular complexity index is 1020. The smallest absolute Gasteiger partial charge is 0.272 e. The Hall–Kier alpha value is -3.22. The summed E-state index contributed by atoms with van der Waals surface area (Å²) in [5.74, 6) is 0.174. The molecule has 138 valence electrons. The van der Waals surface area contributed by atoms with E-state index in [0.717, 1.165) is 0 Å². The van der Waals surface area contributed by atoms with Gasteiger partial charge in [-0.2, -0.15) is 0 Å². The van der Waals surface area contributed by atoms with Gasteiger partial charge < -0.3 is 14.6 Å². The Morgan fingerprint density at radius 3 is 2.59 bits per heavy atom. The quantitative estimate of drug-likeness (QED) is 0.772. The van der Waals surface area contributed by atoms with Gasteiger partial charge in [-0.3, -0.25) is 9.59 Å². The monoisotopic (exact) mass is 367 g/mol. The maximum absolute atomic E-state index is 13.0. The number of ether oxygens (including phenoxy) is 1. The molecule has 0 aliphatic carbocycles. The molecule has 1 saturated heterocycles. The molecular weight excluding hydrogens is 349 g/mol. The Balaban J connectivity index is 1.41. The average Bonchev–Trinajstić information content (AvgIpc) is 2.70. The molecule has 3 aromatic rings. The van der Waals surface area contributed by atoms with Crippen LogP contribution >= 0.6 is 0 Å². The van der Waals surface area contributed by atoms with Crippen LogP contribution in [0.15, 0.2) is 53.5 Å². The lowest BCUT2D eigenvalue weighted by molar-refractivity contribution is 0.0590. The number of nitrogens with zero attached hydrogens (tertiary/aromatic N) is 2. The van der Waals surface area contributed by atoms with Gasteiger partial charge in [0.25, 0.3) is 11.5 Å². The molecule has 0 bridgehead atoms. The second kappa shape index (κ2) is 7.19. The van der Waals surface area contributed by atoms with Crippen molar-refractivity contribution in [3.05, 3.63) is 70.5 Å². The summed E-state index contributed by atoms with van der Waals surface area (Å²) in [6.07, 6.45) is 2.89. The fourth-order valence-corrected chi connectivity index (χ4v) is 3.23. The summed E-state index contributed by atoms with van der Waals surface area (Å²) in [4.78, 5) is 33.1. The topological polar surface area (TPSA) is 75.3 Å². The standard InChI is InChI=1S/C20H18FN3O3/c21-13-1-3-14(4-2-13)27-15-8-11-24(12-9-15)20(26)18-6-5-16-17(23-18)7-10-22-19(16)25/h1-7,10,15H,8-9,11-12H2,(H,22,25). The summed E-state index contributed by atoms with van der Waals surface area (Å²) in [5, 5.41) is 0.459. The first kappa shape index (κ1) is 17.2. The molecule has 7 heteroatoms. The van der Waals surface area contributed by atoms with Crippen molar-refractivity contribution < 1.29 is 13.9 Å². The van der Waals surface area contributed by atoms with Crippen LogP contribution in [-0.2, 0) is 0 Å². The van der Waals surface area contributed by atoms with Crippen LogP contribution in [0.25, 0.3) is 10.9 Å². The number of benzene rings is 1. The summed E-state index contributed by atoms with van der Waals surface area (Å²) in [5.41, 5.74) is 0.600. The van der Waals surface area contributed by atoms with Crippen molar-refractivity contribution >= 4 is 16.8 Å². The number of rotatable bonds is 3. The van der Waals surface area contributed by atoms with Crippen molar-refractivity contribution in [2.75, 3.05) is 13.1 Å². The minimum absolute atomic E-state index is 0.0115. The van der Waals surface area contributed by atoms with E-state index < -0.39 is 0 Å². The highest BCUT2D eigenvalue weighted by molar-refractivity contribution is 5.94. The largest absolute Gasteiger partial charge is 0.490 e. The lowest BCUT2D eigenvalue weighted by Crippen LogP contribution is -2.42. The number of piperidine rings is 1. The second-order valence-electron chi connectivity index (χ2n) is 6.50. The van der Waals surface area contributed by atoms with Gasteiger partial charge in [-0.05, 0) is 42.5 Å². The first-order valence-electron chi connectivity index (χ1n) is 8.80. The van der Waals surface area contributed by atoms with Gasteiger partial charge in [0.1, 0.15) is 23.4 Å². The van der Waals surface area contributed by atoms with Crippen molar-refractivity contribution in [2.24, 2.45) is 0 Å². The fourth-order valence-electron chi connectivity index (χ4n) is 3.23. The van der Waals surface area contributed by atoms with Gasteiger partial charge in [0, 0.05) is 32.1 Å². The number of aromatic nitrogens is 2. The van der Waals surface area contributed by atoms with Crippen LogP contribution in [0, 0.1) is 5.82 Å². The first-order valence-corrected chi connectivity index (χ1v) is 8.80. The predicted octanol–water partition coefficient (Wildman–Crippen LogP) is 2.75. The van der Waals surface area contributed by atoms with Crippen molar-refractivity contribution in [1.29, 1.82) is 0 Å². The summed E-state index contributed by atoms with van der Waals surface area (Å²) in [6.45, 7) is 1.11. The Labute approximate surface area is 154 Å². The van der Waals surface area contributed by atoms with Crippen molar-refractivity contribution in [3.8, 4) is 5.75 Å². The minimum Gasteiger partial charge on any atom is -0.490 e. The highest BCUT2D eigenvalue weighted by Gasteiger charge is 2.25. The second-order valence-corrected chi connectivity index (χ2v) is 6.50. The number of hydrogen-bond donors (Lipinski definition) is 1. The van der Waals surface area contributed by atoms with E-state index in [2.05, 4.69) is 9.97 Å². The van der Waals surface area contributed by atoms with E-state index in [-0.39, 0.29) is 23.4 Å². The molecule has 1 fully saturated rings. The molecule has 1 amide bonds. The molecule has 1 aromatic carbocycles. The molecular formula is C20H18FN3O3. The number of amides is 1. The van der Waals surface area contributed by atoms with Crippen LogP contribution in [0.5, 0.6) is 5.75 Å². The lowest BCUT2D eigenvalue weighted by Gasteiger charge is -2.32. The summed E-state index contributed by atoms with van der Waals surface area (Å²) in [7, 11) is 0. The molecule has 6 nitrogen and oxygen atoms in total. The molecule has 3 heterocycles. The fraction of sp³-hybridized carbons (Fsp3) is 0.250. The van der Waals surface area contributed by atoms with Crippen LogP contribution in [-0.4, -0.2) is 40.0 Å². The van der Waals surface area contributed by atoms with Crippen molar-refractivity contribution in [3.63, 3.8) is 0 Å². The molecule has 1 aliphatic rings. The molecule has 27 heavy (non-hydrogen) atoms. The van der Waals surface area contributed by atoms with E-state index in [1.165, 1.54) is 18.3 Å². The molecule has 0 spiro atoms. The first-order chi connectivity index (χ1) is 13.1. The van der Waals surface area contributed by atoms with E-state index in [4.69, 9.17) is 4.74 Å². The molecule has 1 N–H and O–H groups in total. The molecule has 1 aliphatic heterocycles. The van der Waals surface area contributed by atoms with Gasteiger partial charge in [-0.15, -0.1) is 0 Å². The number of H-pyrrole nitrogens is 1. The average molecular weight is 367 g/mol. The van der Waals surface area contributed by atoms with E-state index in [9.17, 15) is 14.0 Å². The highest BCUT2D eigenvalue weighted by Crippen LogP contribution is 2.20. The molecule has 0 unspecified atom stereocenters. The highest BCUT2D eigenvalue weighted by atomic mass is 19.1. The predicted molar refractivity (Wildman–Crippen MR) is 98.3 cm³/mol. The lowest BCUT2D eigenvalue weighted by atomic mass is 10.1. The van der Waals surface area contributed by atoms with Gasteiger partial charge >= 0.3 is 0 Å². The Kier molecular flexibility index (Phi) is 4.58. The van der Waals surface area contributed by atoms with Crippen molar-refractivity contribution in [1.82, 2.24) is 14.9 Å². The number of halogens is 1. The van der Waals surface area contributed by atoms with Gasteiger partial charge in [-0.1, -0.05) is 0 Å². The molecule has 4 rings (SSSR count). The zero-order valence-corrected chi connectivity index (χ0v) is 14.5. The van der Waals surface area contributed by atoms with Gasteiger partial charge in [-0.25, -0.2) is 9.37 Å².